The van der Waals surface area contributed by atoms with Crippen LogP contribution in [0.5, 0.6) is 0 Å². The van der Waals surface area contributed by atoms with Gasteiger partial charge in [0.25, 0.3) is 0 Å². The number of aliphatic hydroxyl groups is 2. The number of pyridine rings is 1. The Hall–Kier alpha value is -1.54. The van der Waals surface area contributed by atoms with Gasteiger partial charge < -0.3 is 20.3 Å². The molecule has 2 rings (SSSR count). The molecule has 1 aliphatic rings. The van der Waals surface area contributed by atoms with E-state index in [0.29, 0.717) is 13.1 Å². The molecular formula is C16H25N3O4. The number of carbonyl (C=O) groups is 1. The Morgan fingerprint density at radius 1 is 1.43 bits per heavy atom. The Morgan fingerprint density at radius 2 is 2.22 bits per heavy atom. The topological polar surface area (TPSA) is 94.9 Å². The molecule has 0 saturated carbocycles. The van der Waals surface area contributed by atoms with Crippen molar-refractivity contribution >= 4 is 5.91 Å². The molecule has 0 unspecified atom stereocenters. The molecule has 0 radical (unpaired) electrons. The fraction of sp³-hybridized carbons (Fsp3) is 0.625. The van der Waals surface area contributed by atoms with Gasteiger partial charge in [-0.15, -0.1) is 0 Å². The van der Waals surface area contributed by atoms with E-state index >= 15 is 0 Å². The zero-order valence-corrected chi connectivity index (χ0v) is 13.6. The summed E-state index contributed by atoms with van der Waals surface area (Å²) in [5, 5.41) is 22.5. The zero-order chi connectivity index (χ0) is 16.8. The number of likely N-dealkylation sites (N-methyl/N-ethyl adjacent to an activating group) is 1. The highest BCUT2D eigenvalue weighted by molar-refractivity contribution is 5.72. The third-order valence-corrected chi connectivity index (χ3v) is 4.15. The van der Waals surface area contributed by atoms with Crippen LogP contribution in [0, 0.1) is 0 Å². The van der Waals surface area contributed by atoms with Gasteiger partial charge in [0.15, 0.2) is 0 Å². The molecule has 1 fully saturated rings. The van der Waals surface area contributed by atoms with E-state index < -0.39 is 12.2 Å². The Balaban J connectivity index is 1.98. The smallest absolute Gasteiger partial charge is 0.216 e. The van der Waals surface area contributed by atoms with Crippen LogP contribution in [0.1, 0.15) is 12.6 Å². The number of aliphatic hydroxyl groups excluding tert-OH is 2. The third-order valence-electron chi connectivity index (χ3n) is 4.15. The van der Waals surface area contributed by atoms with E-state index in [-0.39, 0.29) is 24.7 Å². The maximum absolute atomic E-state index is 11.1. The molecule has 4 atom stereocenters. The maximum atomic E-state index is 11.1. The summed E-state index contributed by atoms with van der Waals surface area (Å²) >= 11 is 0. The number of amides is 1. The van der Waals surface area contributed by atoms with E-state index in [4.69, 9.17) is 4.74 Å². The number of nitrogens with zero attached hydrogens (tertiary/aromatic N) is 2. The molecule has 1 aliphatic heterocycles. The summed E-state index contributed by atoms with van der Waals surface area (Å²) in [4.78, 5) is 17.4. The number of rotatable bonds is 7. The van der Waals surface area contributed by atoms with E-state index in [1.807, 2.05) is 30.1 Å². The second-order valence-electron chi connectivity index (χ2n) is 5.87. The van der Waals surface area contributed by atoms with E-state index in [1.54, 1.807) is 6.20 Å². The van der Waals surface area contributed by atoms with Crippen LogP contribution in [0.3, 0.4) is 0 Å². The first kappa shape index (κ1) is 17.8. The summed E-state index contributed by atoms with van der Waals surface area (Å²) in [5.41, 5.74) is 0.977. The average Bonchev–Trinajstić information content (AvgIpc) is 2.87. The molecule has 0 spiro atoms. The molecule has 1 aromatic rings. The van der Waals surface area contributed by atoms with Gasteiger partial charge in [0.1, 0.15) is 12.2 Å². The van der Waals surface area contributed by atoms with Crippen molar-refractivity contribution in [2.24, 2.45) is 0 Å². The Kier molecular flexibility index (Phi) is 6.47. The maximum Gasteiger partial charge on any atom is 0.216 e. The van der Waals surface area contributed by atoms with Crippen LogP contribution in [0.4, 0.5) is 0 Å². The van der Waals surface area contributed by atoms with Gasteiger partial charge in [-0.05, 0) is 19.2 Å². The van der Waals surface area contributed by atoms with Crippen LogP contribution in [-0.2, 0) is 16.0 Å². The SMILES string of the molecule is CC(=O)NC[C@H]1O[C@@H](CO)[C@@H](O)[C@H]1N(C)CCc1ccccn1. The summed E-state index contributed by atoms with van der Waals surface area (Å²) in [5.74, 6) is -0.148. The molecule has 1 saturated heterocycles. The first-order valence-corrected chi connectivity index (χ1v) is 7.82. The molecule has 23 heavy (non-hydrogen) atoms. The first-order valence-electron chi connectivity index (χ1n) is 7.82. The molecule has 0 aliphatic carbocycles. The van der Waals surface area contributed by atoms with E-state index in [2.05, 4.69) is 10.3 Å². The predicted octanol–water partition coefficient (Wildman–Crippen LogP) is -0.819. The van der Waals surface area contributed by atoms with Gasteiger partial charge in [-0.25, -0.2) is 0 Å². The van der Waals surface area contributed by atoms with Crippen LogP contribution in [-0.4, -0.2) is 77.1 Å². The van der Waals surface area contributed by atoms with Crippen molar-refractivity contribution in [3.8, 4) is 0 Å². The molecule has 0 aromatic carbocycles. The molecule has 3 N–H and O–H groups in total. The predicted molar refractivity (Wildman–Crippen MR) is 84.8 cm³/mol. The lowest BCUT2D eigenvalue weighted by Gasteiger charge is -2.30. The Labute approximate surface area is 136 Å². The van der Waals surface area contributed by atoms with Crippen LogP contribution in [0.25, 0.3) is 0 Å². The van der Waals surface area contributed by atoms with Gasteiger partial charge in [0.05, 0.1) is 18.8 Å². The average molecular weight is 323 g/mol. The fourth-order valence-electron chi connectivity index (χ4n) is 2.92. The van der Waals surface area contributed by atoms with Crippen molar-refractivity contribution in [1.82, 2.24) is 15.2 Å². The van der Waals surface area contributed by atoms with Gasteiger partial charge in [-0.1, -0.05) is 6.07 Å². The monoisotopic (exact) mass is 323 g/mol. The number of ether oxygens (including phenoxy) is 1. The van der Waals surface area contributed by atoms with Crippen LogP contribution < -0.4 is 5.32 Å². The second-order valence-corrected chi connectivity index (χ2v) is 5.87. The highest BCUT2D eigenvalue weighted by Gasteiger charge is 2.45. The summed E-state index contributed by atoms with van der Waals surface area (Å²) in [6.45, 7) is 2.19. The second kappa shape index (κ2) is 8.35. The minimum Gasteiger partial charge on any atom is -0.394 e. The lowest BCUT2D eigenvalue weighted by Crippen LogP contribution is -2.50. The summed E-state index contributed by atoms with van der Waals surface area (Å²) in [7, 11) is 1.90. The molecule has 7 nitrogen and oxygen atoms in total. The van der Waals surface area contributed by atoms with Crippen LogP contribution >= 0.6 is 0 Å². The minimum atomic E-state index is -0.799. The standard InChI is InChI=1S/C16H25N3O4/c1-11(21)18-9-13-15(16(22)14(10-20)23-13)19(2)8-6-12-5-3-4-7-17-12/h3-5,7,13-16,20,22H,6,8-10H2,1-2H3,(H,18,21)/t13-,14+,15+,16-/m1/s1. The zero-order valence-electron chi connectivity index (χ0n) is 13.6. The molecule has 0 bridgehead atoms. The largest absolute Gasteiger partial charge is 0.394 e. The molecule has 128 valence electrons. The van der Waals surface area contributed by atoms with E-state index in [0.717, 1.165) is 12.1 Å². The lowest BCUT2D eigenvalue weighted by atomic mass is 10.0. The number of hydrogen-bond acceptors (Lipinski definition) is 6. The van der Waals surface area contributed by atoms with Crippen molar-refractivity contribution in [3.05, 3.63) is 30.1 Å². The summed E-state index contributed by atoms with van der Waals surface area (Å²) in [6, 6.07) is 5.48. The molecule has 1 amide bonds. The number of hydrogen-bond donors (Lipinski definition) is 3. The normalized spacial score (nSPS) is 27.3. The van der Waals surface area contributed by atoms with Crippen LogP contribution in [0.15, 0.2) is 24.4 Å². The van der Waals surface area contributed by atoms with Gasteiger partial charge in [-0.3, -0.25) is 14.7 Å². The lowest BCUT2D eigenvalue weighted by molar-refractivity contribution is -0.119. The van der Waals surface area contributed by atoms with Crippen LogP contribution in [0.2, 0.25) is 0 Å². The highest BCUT2D eigenvalue weighted by Crippen LogP contribution is 2.25. The van der Waals surface area contributed by atoms with E-state index in [9.17, 15) is 15.0 Å². The Morgan fingerprint density at radius 3 is 2.83 bits per heavy atom. The van der Waals surface area contributed by atoms with Gasteiger partial charge in [-0.2, -0.15) is 0 Å². The molecule has 2 heterocycles. The molecular weight excluding hydrogens is 298 g/mol. The minimum absolute atomic E-state index is 0.148. The molecule has 7 heteroatoms. The fourth-order valence-corrected chi connectivity index (χ4v) is 2.92. The van der Waals surface area contributed by atoms with Crippen molar-refractivity contribution in [3.63, 3.8) is 0 Å². The Bertz CT molecular complexity index is 499. The van der Waals surface area contributed by atoms with Crippen molar-refractivity contribution in [2.75, 3.05) is 26.7 Å². The van der Waals surface area contributed by atoms with E-state index in [1.165, 1.54) is 6.92 Å². The summed E-state index contributed by atoms with van der Waals surface area (Å²) < 4.78 is 5.69. The van der Waals surface area contributed by atoms with Gasteiger partial charge >= 0.3 is 0 Å². The van der Waals surface area contributed by atoms with Gasteiger partial charge in [0.2, 0.25) is 5.91 Å². The summed E-state index contributed by atoms with van der Waals surface area (Å²) in [6.07, 6.45) is 0.713. The molecule has 1 aromatic heterocycles. The first-order chi connectivity index (χ1) is 11.0. The number of carbonyl (C=O) groups excluding carboxylic acids is 1. The van der Waals surface area contributed by atoms with Crippen molar-refractivity contribution in [1.29, 1.82) is 0 Å². The van der Waals surface area contributed by atoms with Gasteiger partial charge in [0, 0.05) is 38.3 Å². The quantitative estimate of drug-likeness (QED) is 0.607. The third kappa shape index (κ3) is 4.71. The number of nitrogens with one attached hydrogen (secondary N) is 1. The van der Waals surface area contributed by atoms with Crippen molar-refractivity contribution < 1.29 is 19.7 Å². The van der Waals surface area contributed by atoms with Crippen molar-refractivity contribution in [2.45, 2.75) is 37.7 Å². The highest BCUT2D eigenvalue weighted by atomic mass is 16.5. The number of aromatic nitrogens is 1.